The predicted molar refractivity (Wildman–Crippen MR) is 67.6 cm³/mol. The smallest absolute Gasteiger partial charge is 0.312 e. The number of nitro groups is 1. The van der Waals surface area contributed by atoms with Gasteiger partial charge in [-0.2, -0.15) is 0 Å². The van der Waals surface area contributed by atoms with Crippen molar-refractivity contribution in [3.8, 4) is 0 Å². The molecule has 0 spiro atoms. The molecule has 0 aliphatic carbocycles. The molecule has 0 radical (unpaired) electrons. The summed E-state index contributed by atoms with van der Waals surface area (Å²) >= 11 is 0. The number of rotatable bonds is 3. The minimum Gasteiger partial charge on any atom is -0.443 e. The number of aromatic nitrogens is 1. The van der Waals surface area contributed by atoms with Gasteiger partial charge in [0.1, 0.15) is 0 Å². The molecule has 0 unspecified atom stereocenters. The van der Waals surface area contributed by atoms with Gasteiger partial charge in [0.15, 0.2) is 6.73 Å². The normalized spacial score (nSPS) is 11.2. The van der Waals surface area contributed by atoms with Crippen LogP contribution in [0.2, 0.25) is 0 Å². The zero-order valence-corrected chi connectivity index (χ0v) is 11.3. The van der Waals surface area contributed by atoms with E-state index in [-0.39, 0.29) is 18.0 Å². The van der Waals surface area contributed by atoms with Crippen molar-refractivity contribution in [1.82, 2.24) is 4.57 Å². The molecule has 0 saturated heterocycles. The molecule has 1 rings (SSSR count). The number of nitrogens with zero attached hydrogens (tertiary/aromatic N) is 2. The minimum atomic E-state index is -0.695. The standard InChI is InChI=1S/C12H16N2O5/c1-8-5-9(14(17)18)6-13(10(8)15)7-19-11(16)12(2,3)4/h5-6H,7H2,1-4H3. The molecule has 0 aliphatic heterocycles. The lowest BCUT2D eigenvalue weighted by Crippen LogP contribution is -2.28. The van der Waals surface area contributed by atoms with Crippen molar-refractivity contribution < 1.29 is 14.5 Å². The summed E-state index contributed by atoms with van der Waals surface area (Å²) in [5, 5.41) is 10.7. The van der Waals surface area contributed by atoms with Gasteiger partial charge >= 0.3 is 5.97 Å². The van der Waals surface area contributed by atoms with Gasteiger partial charge < -0.3 is 4.74 Å². The van der Waals surface area contributed by atoms with Gasteiger partial charge in [0.25, 0.3) is 11.2 Å². The summed E-state index contributed by atoms with van der Waals surface area (Å²) in [6.07, 6.45) is 1.06. The number of carbonyl (C=O) groups excluding carboxylic acids is 1. The minimum absolute atomic E-state index is 0.219. The van der Waals surface area contributed by atoms with Crippen molar-refractivity contribution in [3.63, 3.8) is 0 Å². The van der Waals surface area contributed by atoms with E-state index in [2.05, 4.69) is 0 Å². The zero-order valence-electron chi connectivity index (χ0n) is 11.3. The maximum atomic E-state index is 11.8. The van der Waals surface area contributed by atoms with Gasteiger partial charge in [-0.1, -0.05) is 0 Å². The summed E-state index contributed by atoms with van der Waals surface area (Å²) in [6, 6.07) is 1.18. The van der Waals surface area contributed by atoms with E-state index in [0.29, 0.717) is 0 Å². The molecular weight excluding hydrogens is 252 g/mol. The van der Waals surface area contributed by atoms with Crippen LogP contribution in [0.4, 0.5) is 5.69 Å². The molecule has 0 aromatic carbocycles. The van der Waals surface area contributed by atoms with Crippen LogP contribution in [-0.2, 0) is 16.3 Å². The van der Waals surface area contributed by atoms with Crippen LogP contribution in [0.1, 0.15) is 26.3 Å². The number of pyridine rings is 1. The summed E-state index contributed by atoms with van der Waals surface area (Å²) in [5.41, 5.74) is -1.11. The molecule has 7 heteroatoms. The number of esters is 1. The highest BCUT2D eigenvalue weighted by molar-refractivity contribution is 5.75. The van der Waals surface area contributed by atoms with E-state index in [4.69, 9.17) is 4.74 Å². The lowest BCUT2D eigenvalue weighted by molar-refractivity contribution is -0.385. The van der Waals surface area contributed by atoms with Crippen LogP contribution in [0, 0.1) is 22.5 Å². The second-order valence-corrected chi connectivity index (χ2v) is 5.22. The van der Waals surface area contributed by atoms with Crippen LogP contribution in [0.5, 0.6) is 0 Å². The molecule has 1 heterocycles. The summed E-state index contributed by atoms with van der Waals surface area (Å²) in [5.74, 6) is -0.483. The van der Waals surface area contributed by atoms with Gasteiger partial charge in [-0.15, -0.1) is 0 Å². The van der Waals surface area contributed by atoms with Crippen LogP contribution >= 0.6 is 0 Å². The second kappa shape index (κ2) is 5.21. The van der Waals surface area contributed by atoms with Gasteiger partial charge in [-0.05, 0) is 27.7 Å². The summed E-state index contributed by atoms with van der Waals surface area (Å²) in [4.78, 5) is 33.4. The lowest BCUT2D eigenvalue weighted by atomic mass is 9.98. The van der Waals surface area contributed by atoms with E-state index in [1.165, 1.54) is 13.0 Å². The summed E-state index contributed by atoms with van der Waals surface area (Å²) in [7, 11) is 0. The first kappa shape index (κ1) is 14.9. The van der Waals surface area contributed by atoms with Crippen molar-refractivity contribution >= 4 is 11.7 Å². The Balaban J connectivity index is 2.99. The van der Waals surface area contributed by atoms with Crippen LogP contribution in [0.15, 0.2) is 17.1 Å². The Morgan fingerprint density at radius 1 is 1.47 bits per heavy atom. The largest absolute Gasteiger partial charge is 0.443 e. The fourth-order valence-corrected chi connectivity index (χ4v) is 1.31. The molecule has 1 aromatic rings. The van der Waals surface area contributed by atoms with E-state index >= 15 is 0 Å². The molecule has 0 amide bonds. The maximum absolute atomic E-state index is 11.8. The number of hydrogen-bond donors (Lipinski definition) is 0. The summed E-state index contributed by atoms with van der Waals surface area (Å²) in [6.45, 7) is 6.17. The zero-order chi connectivity index (χ0) is 14.8. The van der Waals surface area contributed by atoms with Crippen molar-refractivity contribution in [2.75, 3.05) is 0 Å². The Bertz CT molecular complexity index is 568. The first-order valence-electron chi connectivity index (χ1n) is 5.65. The highest BCUT2D eigenvalue weighted by Crippen LogP contribution is 2.16. The van der Waals surface area contributed by atoms with E-state index < -0.39 is 21.9 Å². The Morgan fingerprint density at radius 3 is 2.53 bits per heavy atom. The highest BCUT2D eigenvalue weighted by atomic mass is 16.6. The van der Waals surface area contributed by atoms with Crippen LogP contribution in [-0.4, -0.2) is 15.5 Å². The molecule has 0 saturated carbocycles. The Kier molecular flexibility index (Phi) is 4.08. The third-order valence-electron chi connectivity index (χ3n) is 2.41. The number of aryl methyl sites for hydroxylation is 1. The predicted octanol–water partition coefficient (Wildman–Crippen LogP) is 1.61. The molecule has 0 N–H and O–H groups in total. The number of hydrogen-bond acceptors (Lipinski definition) is 5. The van der Waals surface area contributed by atoms with Gasteiger partial charge in [0.05, 0.1) is 16.5 Å². The van der Waals surface area contributed by atoms with E-state index in [1.807, 2.05) is 0 Å². The first-order chi connectivity index (χ1) is 8.62. The summed E-state index contributed by atoms with van der Waals surface area (Å²) < 4.78 is 5.98. The SMILES string of the molecule is Cc1cc([N+](=O)[O-])cn(COC(=O)C(C)(C)C)c1=O. The average Bonchev–Trinajstić information content (AvgIpc) is 2.28. The second-order valence-electron chi connectivity index (χ2n) is 5.22. The topological polar surface area (TPSA) is 91.4 Å². The van der Waals surface area contributed by atoms with Gasteiger partial charge in [-0.25, -0.2) is 0 Å². The molecule has 19 heavy (non-hydrogen) atoms. The average molecular weight is 268 g/mol. The highest BCUT2D eigenvalue weighted by Gasteiger charge is 2.23. The Hall–Kier alpha value is -2.18. The fourth-order valence-electron chi connectivity index (χ4n) is 1.31. The third-order valence-corrected chi connectivity index (χ3v) is 2.41. The van der Waals surface area contributed by atoms with E-state index in [9.17, 15) is 19.7 Å². The molecule has 0 fully saturated rings. The van der Waals surface area contributed by atoms with Gasteiger partial charge in [-0.3, -0.25) is 24.3 Å². The maximum Gasteiger partial charge on any atom is 0.312 e. The van der Waals surface area contributed by atoms with Gasteiger partial charge in [0, 0.05) is 11.6 Å². The Morgan fingerprint density at radius 2 is 2.05 bits per heavy atom. The molecule has 0 atom stereocenters. The van der Waals surface area contributed by atoms with Crippen molar-refractivity contribution in [2.24, 2.45) is 5.41 Å². The van der Waals surface area contributed by atoms with Gasteiger partial charge in [0.2, 0.25) is 0 Å². The molecule has 104 valence electrons. The van der Waals surface area contributed by atoms with Crippen molar-refractivity contribution in [1.29, 1.82) is 0 Å². The molecule has 1 aromatic heterocycles. The number of ether oxygens (including phenoxy) is 1. The van der Waals surface area contributed by atoms with Crippen LogP contribution < -0.4 is 5.56 Å². The van der Waals surface area contributed by atoms with Crippen molar-refractivity contribution in [3.05, 3.63) is 38.3 Å². The van der Waals surface area contributed by atoms with E-state index in [1.54, 1.807) is 20.8 Å². The monoisotopic (exact) mass is 268 g/mol. The molecule has 0 bridgehead atoms. The molecular formula is C12H16N2O5. The molecule has 0 aliphatic rings. The Labute approximate surface area is 110 Å². The third kappa shape index (κ3) is 3.64. The van der Waals surface area contributed by atoms with Crippen LogP contribution in [0.3, 0.4) is 0 Å². The molecule has 7 nitrogen and oxygen atoms in total. The van der Waals surface area contributed by atoms with Crippen LogP contribution in [0.25, 0.3) is 0 Å². The quantitative estimate of drug-likeness (QED) is 0.472. The lowest BCUT2D eigenvalue weighted by Gasteiger charge is -2.17. The first-order valence-corrected chi connectivity index (χ1v) is 5.65. The van der Waals surface area contributed by atoms with E-state index in [0.717, 1.165) is 10.8 Å². The fraction of sp³-hybridized carbons (Fsp3) is 0.500. The van der Waals surface area contributed by atoms with Crippen molar-refractivity contribution in [2.45, 2.75) is 34.4 Å². The number of carbonyl (C=O) groups is 1.